The highest BCUT2D eigenvalue weighted by Crippen LogP contribution is 2.12. The third kappa shape index (κ3) is 4.29. The van der Waals surface area contributed by atoms with E-state index in [0.717, 1.165) is 5.56 Å². The molecule has 0 aromatic carbocycles. The minimum absolute atomic E-state index is 0.139. The van der Waals surface area contributed by atoms with Crippen molar-refractivity contribution in [3.05, 3.63) is 30.1 Å². The third-order valence-corrected chi connectivity index (χ3v) is 1.86. The second kappa shape index (κ2) is 4.96. The summed E-state index contributed by atoms with van der Waals surface area (Å²) in [6, 6.07) is 4.51. The average Bonchev–Trinajstić information content (AvgIpc) is 2.16. The van der Waals surface area contributed by atoms with Crippen LogP contribution in [0.2, 0.25) is 0 Å². The van der Waals surface area contributed by atoms with Gasteiger partial charge in [0.2, 0.25) is 0 Å². The molecule has 87 valence electrons. The molecule has 0 bridgehead atoms. The lowest BCUT2D eigenvalue weighted by atomic mass is 10.1. The minimum atomic E-state index is -0.481. The van der Waals surface area contributed by atoms with Crippen molar-refractivity contribution < 1.29 is 9.53 Å². The molecule has 1 radical (unpaired) electrons. The standard InChI is InChI=1S/C12H17N2O2/c1-9(10-6-5-7-13-8-10)14-11(15)16-12(2,3)4/h6-9H,1-4H3,(H,14,15). The van der Waals surface area contributed by atoms with E-state index in [2.05, 4.69) is 16.4 Å². The lowest BCUT2D eigenvalue weighted by molar-refractivity contribution is 0.0508. The first kappa shape index (κ1) is 12.5. The molecule has 1 aromatic rings. The molecule has 0 aliphatic rings. The first-order valence-electron chi connectivity index (χ1n) is 5.19. The van der Waals surface area contributed by atoms with Gasteiger partial charge in [0.15, 0.2) is 0 Å². The Kier molecular flexibility index (Phi) is 3.88. The number of rotatable bonds is 2. The quantitative estimate of drug-likeness (QED) is 0.834. The molecule has 1 rings (SSSR count). The van der Waals surface area contributed by atoms with Gasteiger partial charge in [-0.05, 0) is 39.3 Å². The second-order valence-electron chi connectivity index (χ2n) is 4.59. The predicted octanol–water partition coefficient (Wildman–Crippen LogP) is 2.47. The van der Waals surface area contributed by atoms with Crippen LogP contribution in [0.5, 0.6) is 0 Å². The zero-order valence-electron chi connectivity index (χ0n) is 10.1. The average molecular weight is 221 g/mol. The number of nitrogens with one attached hydrogen (secondary N) is 1. The molecule has 1 unspecified atom stereocenters. The van der Waals surface area contributed by atoms with E-state index in [1.54, 1.807) is 18.5 Å². The fraction of sp³-hybridized carbons (Fsp3) is 0.500. The van der Waals surface area contributed by atoms with Gasteiger partial charge in [-0.15, -0.1) is 0 Å². The summed E-state index contributed by atoms with van der Waals surface area (Å²) >= 11 is 0. The summed E-state index contributed by atoms with van der Waals surface area (Å²) in [6.07, 6.45) is 2.84. The zero-order valence-corrected chi connectivity index (χ0v) is 10.1. The van der Waals surface area contributed by atoms with Crippen LogP contribution in [0.15, 0.2) is 18.5 Å². The summed E-state index contributed by atoms with van der Waals surface area (Å²) in [5.41, 5.74) is 0.415. The summed E-state index contributed by atoms with van der Waals surface area (Å²) in [5.74, 6) is 0. The molecule has 0 aliphatic carbocycles. The van der Waals surface area contributed by atoms with Crippen molar-refractivity contribution in [2.75, 3.05) is 0 Å². The van der Waals surface area contributed by atoms with Crippen LogP contribution in [0.25, 0.3) is 0 Å². The normalized spacial score (nSPS) is 13.0. The van der Waals surface area contributed by atoms with Gasteiger partial charge in [-0.3, -0.25) is 4.98 Å². The highest BCUT2D eigenvalue weighted by atomic mass is 16.6. The molecular formula is C12H17N2O2. The van der Waals surface area contributed by atoms with Gasteiger partial charge in [0.1, 0.15) is 5.60 Å². The fourth-order valence-corrected chi connectivity index (χ4v) is 1.14. The molecule has 4 nitrogen and oxygen atoms in total. The highest BCUT2D eigenvalue weighted by Gasteiger charge is 2.18. The molecule has 1 amide bonds. The number of aromatic nitrogens is 1. The molecule has 1 N–H and O–H groups in total. The molecule has 1 heterocycles. The van der Waals surface area contributed by atoms with Crippen molar-refractivity contribution in [3.8, 4) is 0 Å². The van der Waals surface area contributed by atoms with Gasteiger partial charge in [-0.25, -0.2) is 4.79 Å². The fourth-order valence-electron chi connectivity index (χ4n) is 1.14. The number of nitrogens with zero attached hydrogens (tertiary/aromatic N) is 1. The Bertz CT molecular complexity index is 344. The largest absolute Gasteiger partial charge is 0.444 e. The van der Waals surface area contributed by atoms with Crippen molar-refractivity contribution in [2.45, 2.75) is 39.3 Å². The first-order valence-corrected chi connectivity index (χ1v) is 5.19. The lowest BCUT2D eigenvalue weighted by Crippen LogP contribution is -2.34. The van der Waals surface area contributed by atoms with E-state index in [1.165, 1.54) is 0 Å². The number of hydrogen-bond acceptors (Lipinski definition) is 3. The number of pyridine rings is 1. The molecule has 4 heteroatoms. The van der Waals surface area contributed by atoms with Crippen molar-refractivity contribution in [1.29, 1.82) is 0 Å². The van der Waals surface area contributed by atoms with Crippen molar-refractivity contribution >= 4 is 6.09 Å². The van der Waals surface area contributed by atoms with Crippen LogP contribution in [-0.4, -0.2) is 16.7 Å². The van der Waals surface area contributed by atoms with Crippen LogP contribution in [0, 0.1) is 6.07 Å². The van der Waals surface area contributed by atoms with E-state index in [9.17, 15) is 4.79 Å². The second-order valence-corrected chi connectivity index (χ2v) is 4.59. The highest BCUT2D eigenvalue weighted by molar-refractivity contribution is 5.68. The van der Waals surface area contributed by atoms with E-state index in [1.807, 2.05) is 27.7 Å². The number of alkyl carbamates (subject to hydrolysis) is 1. The molecule has 0 saturated carbocycles. The molecule has 0 spiro atoms. The van der Waals surface area contributed by atoms with E-state index < -0.39 is 11.7 Å². The van der Waals surface area contributed by atoms with Gasteiger partial charge in [-0.1, -0.05) is 0 Å². The maximum absolute atomic E-state index is 11.5. The molecular weight excluding hydrogens is 204 g/mol. The van der Waals surface area contributed by atoms with Gasteiger partial charge < -0.3 is 10.1 Å². The number of amides is 1. The molecule has 1 aromatic heterocycles. The van der Waals surface area contributed by atoms with Crippen LogP contribution in [0.1, 0.15) is 39.3 Å². The SMILES string of the molecule is CC(NC(=O)OC(C)(C)C)c1c[c]cnc1. The maximum atomic E-state index is 11.5. The number of hydrogen-bond donors (Lipinski definition) is 1. The summed E-state index contributed by atoms with van der Waals surface area (Å²) in [4.78, 5) is 15.4. The van der Waals surface area contributed by atoms with Crippen LogP contribution >= 0.6 is 0 Å². The first-order chi connectivity index (χ1) is 7.38. The van der Waals surface area contributed by atoms with Gasteiger partial charge in [-0.2, -0.15) is 0 Å². The summed E-state index contributed by atoms with van der Waals surface area (Å²) in [6.45, 7) is 7.36. The molecule has 0 saturated heterocycles. The van der Waals surface area contributed by atoms with Crippen molar-refractivity contribution in [1.82, 2.24) is 10.3 Å². The molecule has 16 heavy (non-hydrogen) atoms. The number of carbonyl (C=O) groups is 1. The van der Waals surface area contributed by atoms with Crippen LogP contribution < -0.4 is 5.32 Å². The Labute approximate surface area is 96.0 Å². The molecule has 0 aliphatic heterocycles. The smallest absolute Gasteiger partial charge is 0.408 e. The molecule has 1 atom stereocenters. The maximum Gasteiger partial charge on any atom is 0.408 e. The van der Waals surface area contributed by atoms with Gasteiger partial charge in [0, 0.05) is 18.5 Å². The Hall–Kier alpha value is -1.58. The Morgan fingerprint density at radius 1 is 1.56 bits per heavy atom. The minimum Gasteiger partial charge on any atom is -0.444 e. The molecule has 0 fully saturated rings. The monoisotopic (exact) mass is 221 g/mol. The zero-order chi connectivity index (χ0) is 12.2. The van der Waals surface area contributed by atoms with Crippen LogP contribution in [0.3, 0.4) is 0 Å². The van der Waals surface area contributed by atoms with Crippen molar-refractivity contribution in [2.24, 2.45) is 0 Å². The lowest BCUT2D eigenvalue weighted by Gasteiger charge is -2.21. The van der Waals surface area contributed by atoms with Gasteiger partial charge >= 0.3 is 6.09 Å². The topological polar surface area (TPSA) is 51.2 Å². The van der Waals surface area contributed by atoms with E-state index in [-0.39, 0.29) is 6.04 Å². The predicted molar refractivity (Wildman–Crippen MR) is 60.9 cm³/mol. The summed E-state index contributed by atoms with van der Waals surface area (Å²) in [7, 11) is 0. The Morgan fingerprint density at radius 3 is 2.75 bits per heavy atom. The summed E-state index contributed by atoms with van der Waals surface area (Å²) < 4.78 is 5.15. The summed E-state index contributed by atoms with van der Waals surface area (Å²) in [5, 5.41) is 2.73. The number of carbonyl (C=O) groups excluding carboxylic acids is 1. The third-order valence-electron chi connectivity index (χ3n) is 1.86. The van der Waals surface area contributed by atoms with Crippen molar-refractivity contribution in [3.63, 3.8) is 0 Å². The van der Waals surface area contributed by atoms with E-state index in [4.69, 9.17) is 4.74 Å². The van der Waals surface area contributed by atoms with E-state index in [0.29, 0.717) is 0 Å². The van der Waals surface area contributed by atoms with E-state index >= 15 is 0 Å². The Balaban J connectivity index is 2.52. The Morgan fingerprint density at radius 2 is 2.25 bits per heavy atom. The van der Waals surface area contributed by atoms with Gasteiger partial charge in [0.05, 0.1) is 6.04 Å². The van der Waals surface area contributed by atoms with Crippen LogP contribution in [0.4, 0.5) is 4.79 Å². The van der Waals surface area contributed by atoms with Gasteiger partial charge in [0.25, 0.3) is 0 Å². The number of ether oxygens (including phenoxy) is 1. The van der Waals surface area contributed by atoms with Crippen LogP contribution in [-0.2, 0) is 4.74 Å².